The molecule has 4 N–H and O–H groups in total. The van der Waals surface area contributed by atoms with E-state index in [9.17, 15) is 32.3 Å². The number of carbonyl (C=O) groups excluding carboxylic acids is 4. The van der Waals surface area contributed by atoms with Gasteiger partial charge in [0.05, 0.1) is 16.4 Å². The topological polar surface area (TPSA) is 116 Å². The van der Waals surface area contributed by atoms with Crippen molar-refractivity contribution in [1.82, 2.24) is 21.3 Å². The van der Waals surface area contributed by atoms with Crippen molar-refractivity contribution in [2.75, 3.05) is 0 Å². The van der Waals surface area contributed by atoms with E-state index in [4.69, 9.17) is 0 Å². The molecule has 8 nitrogen and oxygen atoms in total. The maximum atomic E-state index is 14.2. The summed E-state index contributed by atoms with van der Waals surface area (Å²) in [5.74, 6) is -1.57. The van der Waals surface area contributed by atoms with Gasteiger partial charge in [0.15, 0.2) is 0 Å². The molecule has 0 spiro atoms. The number of alkyl halides is 3. The van der Waals surface area contributed by atoms with E-state index < -0.39 is 51.0 Å². The average molecular weight is 687 g/mol. The highest BCUT2D eigenvalue weighted by atomic mass is 19.4. The van der Waals surface area contributed by atoms with Gasteiger partial charge in [0.25, 0.3) is 5.91 Å². The van der Waals surface area contributed by atoms with Crippen molar-refractivity contribution < 1.29 is 32.3 Å². The number of carbonyl (C=O) groups is 4. The second kappa shape index (κ2) is 14.2. The average Bonchev–Trinajstić information content (AvgIpc) is 2.98. The molecule has 0 unspecified atom stereocenters. The fraction of sp³-hybridized carbons (Fsp3) is 0.579. The van der Waals surface area contributed by atoms with Crippen LogP contribution in [-0.4, -0.2) is 40.2 Å². The van der Waals surface area contributed by atoms with Crippen molar-refractivity contribution in [2.24, 2.45) is 0 Å². The van der Waals surface area contributed by atoms with Crippen LogP contribution in [0.25, 0.3) is 0 Å². The normalized spacial score (nSPS) is 15.6. The van der Waals surface area contributed by atoms with Gasteiger partial charge in [-0.15, -0.1) is 0 Å². The number of amides is 4. The first-order valence-corrected chi connectivity index (χ1v) is 16.9. The quantitative estimate of drug-likeness (QED) is 0.231. The Balaban J connectivity index is 2.03. The van der Waals surface area contributed by atoms with Crippen LogP contribution in [0.5, 0.6) is 0 Å². The van der Waals surface area contributed by atoms with Gasteiger partial charge < -0.3 is 21.3 Å². The van der Waals surface area contributed by atoms with Crippen molar-refractivity contribution in [3.63, 3.8) is 0 Å². The number of benzene rings is 2. The summed E-state index contributed by atoms with van der Waals surface area (Å²) >= 11 is 0. The van der Waals surface area contributed by atoms with E-state index in [1.165, 1.54) is 12.1 Å². The van der Waals surface area contributed by atoms with Crippen molar-refractivity contribution in [3.05, 3.63) is 70.3 Å². The number of halogens is 3. The fourth-order valence-corrected chi connectivity index (χ4v) is 5.80. The van der Waals surface area contributed by atoms with Gasteiger partial charge in [0, 0.05) is 23.2 Å². The minimum atomic E-state index is -4.52. The molecule has 1 aliphatic rings. The summed E-state index contributed by atoms with van der Waals surface area (Å²) in [6.45, 7) is 18.1. The van der Waals surface area contributed by atoms with Gasteiger partial charge in [0.2, 0.25) is 17.7 Å². The zero-order valence-electron chi connectivity index (χ0n) is 30.6. The molecular weight excluding hydrogens is 633 g/mol. The predicted molar refractivity (Wildman–Crippen MR) is 185 cm³/mol. The van der Waals surface area contributed by atoms with Crippen LogP contribution in [0.2, 0.25) is 0 Å². The van der Waals surface area contributed by atoms with Gasteiger partial charge in [-0.3, -0.25) is 19.2 Å². The molecule has 0 heterocycles. The van der Waals surface area contributed by atoms with Crippen LogP contribution in [0.1, 0.15) is 134 Å². The molecule has 0 bridgehead atoms. The summed E-state index contributed by atoms with van der Waals surface area (Å²) in [6.07, 6.45) is -1.62. The molecule has 2 aromatic carbocycles. The Morgan fingerprint density at radius 2 is 1.16 bits per heavy atom. The summed E-state index contributed by atoms with van der Waals surface area (Å²) in [5, 5.41) is 11.8. The number of hydrogen-bond acceptors (Lipinski definition) is 4. The SMILES string of the molecule is CC(C)(C)NC(=O)C(C)(C)c1cc(C(=O)NC2(C(=O)NCc3cccc(C(F)(F)F)c3)CCCCC2)cc(C(C)(C)C(=O)NC(C)(C)C)c1. The first kappa shape index (κ1) is 39.5. The molecule has 49 heavy (non-hydrogen) atoms. The Labute approximate surface area is 288 Å². The highest BCUT2D eigenvalue weighted by Crippen LogP contribution is 2.34. The standard InChI is InChI=1S/C38H53F3N4O4/c1-33(2,3)44-30(47)35(7,8)27-20-25(21-28(22-27)36(9,10)31(48)45-34(4,5)6)29(46)43-37(17-12-11-13-18-37)32(49)42-23-24-15-14-16-26(19-24)38(39,40)41/h14-16,19-22H,11-13,17-18,23H2,1-10H3,(H,42,49)(H,43,46)(H,44,47)(H,45,48). The Bertz CT molecular complexity index is 1500. The summed E-state index contributed by atoms with van der Waals surface area (Å²) in [6, 6.07) is 9.78. The molecule has 0 aliphatic heterocycles. The molecule has 0 atom stereocenters. The second-order valence-corrected chi connectivity index (χ2v) is 16.4. The Kier molecular flexibility index (Phi) is 11.4. The van der Waals surface area contributed by atoms with E-state index in [-0.39, 0.29) is 29.5 Å². The molecule has 4 amide bonds. The molecule has 270 valence electrons. The first-order chi connectivity index (χ1) is 22.3. The number of hydrogen-bond donors (Lipinski definition) is 4. The van der Waals surface area contributed by atoms with E-state index in [1.54, 1.807) is 45.9 Å². The highest BCUT2D eigenvalue weighted by molar-refractivity contribution is 6.00. The van der Waals surface area contributed by atoms with E-state index in [2.05, 4.69) is 21.3 Å². The second-order valence-electron chi connectivity index (χ2n) is 16.4. The smallest absolute Gasteiger partial charge is 0.351 e. The van der Waals surface area contributed by atoms with Crippen LogP contribution in [0.15, 0.2) is 42.5 Å². The van der Waals surface area contributed by atoms with Gasteiger partial charge in [0.1, 0.15) is 5.54 Å². The minimum absolute atomic E-state index is 0.145. The van der Waals surface area contributed by atoms with Crippen LogP contribution in [0.3, 0.4) is 0 Å². The lowest BCUT2D eigenvalue weighted by atomic mass is 9.76. The minimum Gasteiger partial charge on any atom is -0.351 e. The monoisotopic (exact) mass is 686 g/mol. The lowest BCUT2D eigenvalue weighted by Crippen LogP contribution is -2.59. The molecular formula is C38H53F3N4O4. The Morgan fingerprint density at radius 3 is 1.61 bits per heavy atom. The van der Waals surface area contributed by atoms with Crippen molar-refractivity contribution in [2.45, 2.75) is 142 Å². The maximum Gasteiger partial charge on any atom is 0.416 e. The van der Waals surface area contributed by atoms with Gasteiger partial charge >= 0.3 is 6.18 Å². The Hall–Kier alpha value is -3.89. The number of rotatable bonds is 9. The van der Waals surface area contributed by atoms with Gasteiger partial charge in [-0.25, -0.2) is 0 Å². The molecule has 11 heteroatoms. The van der Waals surface area contributed by atoms with Crippen molar-refractivity contribution in [1.29, 1.82) is 0 Å². The van der Waals surface area contributed by atoms with Crippen LogP contribution < -0.4 is 21.3 Å². The third-order valence-electron chi connectivity index (χ3n) is 8.95. The van der Waals surface area contributed by atoms with E-state index in [0.717, 1.165) is 18.6 Å². The third-order valence-corrected chi connectivity index (χ3v) is 8.95. The zero-order valence-corrected chi connectivity index (χ0v) is 30.6. The molecule has 1 fully saturated rings. The lowest BCUT2D eigenvalue weighted by molar-refractivity contribution is -0.137. The van der Waals surface area contributed by atoms with E-state index in [1.807, 2.05) is 41.5 Å². The lowest BCUT2D eigenvalue weighted by Gasteiger charge is -2.37. The summed E-state index contributed by atoms with van der Waals surface area (Å²) in [7, 11) is 0. The van der Waals surface area contributed by atoms with Crippen molar-refractivity contribution >= 4 is 23.6 Å². The van der Waals surface area contributed by atoms with Gasteiger partial charge in [-0.2, -0.15) is 13.2 Å². The van der Waals surface area contributed by atoms with E-state index >= 15 is 0 Å². The largest absolute Gasteiger partial charge is 0.416 e. The maximum absolute atomic E-state index is 14.2. The molecule has 0 saturated heterocycles. The molecule has 1 aliphatic carbocycles. The zero-order chi connectivity index (χ0) is 37.2. The van der Waals surface area contributed by atoms with Crippen LogP contribution in [-0.2, 0) is 37.9 Å². The summed E-state index contributed by atoms with van der Waals surface area (Å²) in [5.41, 5.74) is -3.89. The highest BCUT2D eigenvalue weighted by Gasteiger charge is 2.42. The summed E-state index contributed by atoms with van der Waals surface area (Å²) in [4.78, 5) is 55.1. The van der Waals surface area contributed by atoms with E-state index in [0.29, 0.717) is 36.8 Å². The van der Waals surface area contributed by atoms with Gasteiger partial charge in [-0.05, 0) is 123 Å². The first-order valence-electron chi connectivity index (χ1n) is 16.9. The summed E-state index contributed by atoms with van der Waals surface area (Å²) < 4.78 is 39.8. The van der Waals surface area contributed by atoms with Crippen LogP contribution in [0, 0.1) is 0 Å². The molecule has 3 rings (SSSR count). The molecule has 0 radical (unpaired) electrons. The Morgan fingerprint density at radius 1 is 0.673 bits per heavy atom. The third kappa shape index (κ3) is 10.1. The van der Waals surface area contributed by atoms with Crippen LogP contribution >= 0.6 is 0 Å². The fourth-order valence-electron chi connectivity index (χ4n) is 5.80. The predicted octanol–water partition coefficient (Wildman–Crippen LogP) is 6.84. The van der Waals surface area contributed by atoms with Crippen molar-refractivity contribution in [3.8, 4) is 0 Å². The molecule has 2 aromatic rings. The van der Waals surface area contributed by atoms with Gasteiger partial charge in [-0.1, -0.05) is 37.5 Å². The molecule has 1 saturated carbocycles. The van der Waals surface area contributed by atoms with Crippen LogP contribution in [0.4, 0.5) is 13.2 Å². The number of nitrogens with one attached hydrogen (secondary N) is 4. The molecule has 0 aromatic heterocycles.